The van der Waals surface area contributed by atoms with E-state index in [1.807, 2.05) is 6.07 Å². The molecule has 3 rings (SSSR count). The summed E-state index contributed by atoms with van der Waals surface area (Å²) in [6.45, 7) is -2.92. The summed E-state index contributed by atoms with van der Waals surface area (Å²) in [6, 6.07) is 14.6. The highest BCUT2D eigenvalue weighted by Crippen LogP contribution is 2.23. The Morgan fingerprint density at radius 3 is 2.60 bits per heavy atom. The van der Waals surface area contributed by atoms with Gasteiger partial charge in [0.05, 0.1) is 28.4 Å². The number of rotatable bonds is 5. The number of para-hydroxylation sites is 1. The van der Waals surface area contributed by atoms with Gasteiger partial charge in [-0.25, -0.2) is 4.98 Å². The lowest BCUT2D eigenvalue weighted by atomic mass is 10.2. The molecule has 0 fully saturated rings. The highest BCUT2D eigenvalue weighted by Gasteiger charge is 2.13. The van der Waals surface area contributed by atoms with Crippen molar-refractivity contribution >= 4 is 22.7 Å². The summed E-state index contributed by atoms with van der Waals surface area (Å²) in [5, 5.41) is 9.60. The monoisotopic (exact) mass is 359 g/mol. The summed E-state index contributed by atoms with van der Waals surface area (Å²) in [5.41, 5.74) is 0.681. The van der Waals surface area contributed by atoms with E-state index in [0.29, 0.717) is 21.7 Å². The molecule has 5 nitrogen and oxygen atoms in total. The lowest BCUT2D eigenvalue weighted by molar-refractivity contribution is -0.0498. The molecule has 0 atom stereocenters. The van der Waals surface area contributed by atoms with Crippen LogP contribution >= 0.6 is 11.8 Å². The number of aromatic nitrogens is 2. The highest BCUT2D eigenvalue weighted by atomic mass is 32.2. The SMILES string of the molecule is N#CCSc1nc2ccccc2c(=O)n1-c1ccc(OC(F)F)cc1. The molecule has 1 heterocycles. The second kappa shape index (κ2) is 7.32. The van der Waals surface area contributed by atoms with E-state index >= 15 is 0 Å². The van der Waals surface area contributed by atoms with Gasteiger partial charge in [0.2, 0.25) is 0 Å². The Bertz CT molecular complexity index is 997. The predicted octanol–water partition coefficient (Wildman–Crippen LogP) is 3.60. The molecule has 25 heavy (non-hydrogen) atoms. The third kappa shape index (κ3) is 3.61. The number of nitriles is 1. The minimum absolute atomic E-state index is 0.00762. The lowest BCUT2D eigenvalue weighted by Crippen LogP contribution is -2.21. The van der Waals surface area contributed by atoms with Crippen molar-refractivity contribution in [3.8, 4) is 17.5 Å². The van der Waals surface area contributed by atoms with Crippen molar-refractivity contribution in [1.29, 1.82) is 5.26 Å². The number of fused-ring (bicyclic) bond motifs is 1. The average Bonchev–Trinajstić information content (AvgIpc) is 2.60. The van der Waals surface area contributed by atoms with Crippen molar-refractivity contribution in [3.63, 3.8) is 0 Å². The van der Waals surface area contributed by atoms with Crippen LogP contribution < -0.4 is 10.3 Å². The van der Waals surface area contributed by atoms with Crippen LogP contribution in [0.1, 0.15) is 0 Å². The number of thioether (sulfide) groups is 1. The van der Waals surface area contributed by atoms with Gasteiger partial charge in [-0.15, -0.1) is 0 Å². The van der Waals surface area contributed by atoms with Crippen LogP contribution in [0.25, 0.3) is 16.6 Å². The first-order valence-electron chi connectivity index (χ1n) is 7.17. The maximum atomic E-state index is 12.9. The Morgan fingerprint density at radius 2 is 1.92 bits per heavy atom. The van der Waals surface area contributed by atoms with Gasteiger partial charge in [-0.05, 0) is 36.4 Å². The molecule has 8 heteroatoms. The topological polar surface area (TPSA) is 67.9 Å². The minimum atomic E-state index is -2.92. The lowest BCUT2D eigenvalue weighted by Gasteiger charge is -2.13. The molecular weight excluding hydrogens is 348 g/mol. The van der Waals surface area contributed by atoms with Crippen LogP contribution in [0.5, 0.6) is 5.75 Å². The van der Waals surface area contributed by atoms with E-state index in [9.17, 15) is 13.6 Å². The molecule has 126 valence electrons. The van der Waals surface area contributed by atoms with Gasteiger partial charge in [0.15, 0.2) is 5.16 Å². The molecule has 1 aromatic heterocycles. The molecule has 0 radical (unpaired) electrons. The number of hydrogen-bond acceptors (Lipinski definition) is 5. The zero-order valence-electron chi connectivity index (χ0n) is 12.7. The van der Waals surface area contributed by atoms with Crippen LogP contribution in [0.3, 0.4) is 0 Å². The van der Waals surface area contributed by atoms with Crippen LogP contribution in [0, 0.1) is 11.3 Å². The summed E-state index contributed by atoms with van der Waals surface area (Å²) >= 11 is 1.13. The van der Waals surface area contributed by atoms with Crippen molar-refractivity contribution in [1.82, 2.24) is 9.55 Å². The van der Waals surface area contributed by atoms with Crippen molar-refractivity contribution < 1.29 is 13.5 Å². The molecule has 3 aromatic rings. The van der Waals surface area contributed by atoms with Crippen LogP contribution in [-0.2, 0) is 0 Å². The van der Waals surface area contributed by atoms with Gasteiger partial charge in [-0.3, -0.25) is 9.36 Å². The Balaban J connectivity index is 2.14. The summed E-state index contributed by atoms with van der Waals surface area (Å²) in [7, 11) is 0. The molecule has 0 aliphatic heterocycles. The molecule has 0 unspecified atom stereocenters. The quantitative estimate of drug-likeness (QED) is 0.514. The number of hydrogen-bond donors (Lipinski definition) is 0. The first-order valence-corrected chi connectivity index (χ1v) is 8.15. The van der Waals surface area contributed by atoms with Gasteiger partial charge < -0.3 is 4.74 Å². The molecule has 0 spiro atoms. The second-order valence-corrected chi connectivity index (χ2v) is 5.81. The van der Waals surface area contributed by atoms with Crippen LogP contribution in [0.2, 0.25) is 0 Å². The summed E-state index contributed by atoms with van der Waals surface area (Å²) in [5.74, 6) is 0.115. The number of ether oxygens (including phenoxy) is 1. The molecule has 0 aliphatic carbocycles. The summed E-state index contributed by atoms with van der Waals surface area (Å²) < 4.78 is 30.2. The normalized spacial score (nSPS) is 10.8. The average molecular weight is 359 g/mol. The number of halogens is 2. The van der Waals surface area contributed by atoms with E-state index in [4.69, 9.17) is 5.26 Å². The molecule has 0 saturated heterocycles. The van der Waals surface area contributed by atoms with Crippen molar-refractivity contribution in [2.75, 3.05) is 5.75 Å². The molecule has 0 saturated carbocycles. The van der Waals surface area contributed by atoms with Crippen LogP contribution in [0.15, 0.2) is 58.5 Å². The van der Waals surface area contributed by atoms with Gasteiger partial charge in [0, 0.05) is 0 Å². The van der Waals surface area contributed by atoms with Gasteiger partial charge in [0.1, 0.15) is 5.75 Å². The van der Waals surface area contributed by atoms with Crippen LogP contribution in [-0.4, -0.2) is 21.9 Å². The van der Waals surface area contributed by atoms with Crippen molar-refractivity contribution in [2.45, 2.75) is 11.8 Å². The van der Waals surface area contributed by atoms with Gasteiger partial charge in [-0.2, -0.15) is 14.0 Å². The Labute approximate surface area is 145 Å². The first-order chi connectivity index (χ1) is 12.1. The fraction of sp³-hybridized carbons (Fsp3) is 0.118. The van der Waals surface area contributed by atoms with E-state index in [0.717, 1.165) is 11.8 Å². The molecule has 2 aromatic carbocycles. The smallest absolute Gasteiger partial charge is 0.387 e. The van der Waals surface area contributed by atoms with Gasteiger partial charge >= 0.3 is 6.61 Å². The van der Waals surface area contributed by atoms with E-state index < -0.39 is 6.61 Å². The highest BCUT2D eigenvalue weighted by molar-refractivity contribution is 7.99. The molecule has 0 aliphatic rings. The third-order valence-corrected chi connectivity index (χ3v) is 4.14. The Kier molecular flexibility index (Phi) is 4.95. The second-order valence-electron chi connectivity index (χ2n) is 4.87. The maximum Gasteiger partial charge on any atom is 0.387 e. The molecular formula is C17H11F2N3O2S. The van der Waals surface area contributed by atoms with Gasteiger partial charge in [-0.1, -0.05) is 23.9 Å². The van der Waals surface area contributed by atoms with Crippen LogP contribution in [0.4, 0.5) is 8.78 Å². The van der Waals surface area contributed by atoms with Gasteiger partial charge in [0.25, 0.3) is 5.56 Å². The zero-order valence-corrected chi connectivity index (χ0v) is 13.5. The Morgan fingerprint density at radius 1 is 1.20 bits per heavy atom. The Hall–Kier alpha value is -2.92. The standard InChI is InChI=1S/C17H11F2N3O2S/c18-16(19)24-12-7-5-11(6-8-12)22-15(23)13-3-1-2-4-14(13)21-17(22)25-10-9-20/h1-8,16H,10H2. The summed E-state index contributed by atoms with van der Waals surface area (Å²) in [4.78, 5) is 17.3. The maximum absolute atomic E-state index is 12.9. The fourth-order valence-electron chi connectivity index (χ4n) is 2.31. The first kappa shape index (κ1) is 16.9. The summed E-state index contributed by atoms with van der Waals surface area (Å²) in [6.07, 6.45) is 0. The molecule has 0 bridgehead atoms. The largest absolute Gasteiger partial charge is 0.435 e. The van der Waals surface area contributed by atoms with E-state index in [1.165, 1.54) is 28.8 Å². The van der Waals surface area contributed by atoms with E-state index in [2.05, 4.69) is 9.72 Å². The fourth-order valence-corrected chi connectivity index (χ4v) is 2.98. The van der Waals surface area contributed by atoms with E-state index in [-0.39, 0.29) is 17.1 Å². The zero-order chi connectivity index (χ0) is 17.8. The van der Waals surface area contributed by atoms with Crippen molar-refractivity contribution in [3.05, 3.63) is 58.9 Å². The predicted molar refractivity (Wildman–Crippen MR) is 90.3 cm³/mol. The van der Waals surface area contributed by atoms with Crippen molar-refractivity contribution in [2.24, 2.45) is 0 Å². The van der Waals surface area contributed by atoms with E-state index in [1.54, 1.807) is 24.3 Å². The third-order valence-electron chi connectivity index (χ3n) is 3.33. The number of nitrogens with zero attached hydrogens (tertiary/aromatic N) is 3. The molecule has 0 N–H and O–H groups in total. The number of alkyl halides is 2. The minimum Gasteiger partial charge on any atom is -0.435 e. The molecule has 0 amide bonds. The number of benzene rings is 2.